The Hall–Kier alpha value is -0.500. The van der Waals surface area contributed by atoms with Gasteiger partial charge in [0.2, 0.25) is 0 Å². The summed E-state index contributed by atoms with van der Waals surface area (Å²) in [7, 11) is 1.67. The molecule has 2 nitrogen and oxygen atoms in total. The molecule has 0 radical (unpaired) electrons. The van der Waals surface area contributed by atoms with Gasteiger partial charge in [0.25, 0.3) is 0 Å². The number of hydrogen-bond donors (Lipinski definition) is 0. The molecule has 0 aliphatic heterocycles. The maximum absolute atomic E-state index is 5.37. The van der Waals surface area contributed by atoms with Gasteiger partial charge < -0.3 is 9.47 Å². The summed E-state index contributed by atoms with van der Waals surface area (Å²) in [5.41, 5.74) is 0. The fraction of sp³-hybridized carbons (Fsp3) is 0.778. The van der Waals surface area contributed by atoms with E-state index in [9.17, 15) is 0 Å². The quantitative estimate of drug-likeness (QED) is 0.572. The number of rotatable bonds is 5. The summed E-state index contributed by atoms with van der Waals surface area (Å²) in [6, 6.07) is 0. The van der Waals surface area contributed by atoms with Crippen LogP contribution in [0.4, 0.5) is 0 Å². The maximum Gasteiger partial charge on any atom is 0.118 e. The highest BCUT2D eigenvalue weighted by Crippen LogP contribution is 2.11. The van der Waals surface area contributed by atoms with Crippen LogP contribution >= 0.6 is 0 Å². The first-order chi connectivity index (χ1) is 5.11. The summed E-state index contributed by atoms with van der Waals surface area (Å²) in [5, 5.41) is 0. The molecular formula is C9H18O2. The van der Waals surface area contributed by atoms with E-state index in [2.05, 4.69) is 6.58 Å². The van der Waals surface area contributed by atoms with Gasteiger partial charge >= 0.3 is 0 Å². The Labute approximate surface area is 69.2 Å². The van der Waals surface area contributed by atoms with E-state index in [1.807, 2.05) is 20.8 Å². The van der Waals surface area contributed by atoms with Crippen LogP contribution < -0.4 is 0 Å². The smallest absolute Gasteiger partial charge is 0.118 e. The van der Waals surface area contributed by atoms with E-state index in [-0.39, 0.29) is 12.2 Å². The first-order valence-electron chi connectivity index (χ1n) is 4.00. The van der Waals surface area contributed by atoms with Gasteiger partial charge in [-0.25, -0.2) is 0 Å². The molecule has 0 bridgehead atoms. The molecule has 0 amide bonds. The van der Waals surface area contributed by atoms with E-state index < -0.39 is 0 Å². The molecule has 0 spiro atoms. The van der Waals surface area contributed by atoms with Crippen LogP contribution in [0.25, 0.3) is 0 Å². The molecule has 66 valence electrons. The molecule has 0 aromatic rings. The molecule has 0 aliphatic rings. The first-order valence-corrected chi connectivity index (χ1v) is 4.00. The van der Waals surface area contributed by atoms with Crippen LogP contribution in [0.2, 0.25) is 0 Å². The average molecular weight is 158 g/mol. The van der Waals surface area contributed by atoms with Crippen LogP contribution in [-0.2, 0) is 9.47 Å². The molecule has 1 atom stereocenters. The molecule has 1 unspecified atom stereocenters. The van der Waals surface area contributed by atoms with Crippen molar-refractivity contribution in [2.24, 2.45) is 0 Å². The molecule has 11 heavy (non-hydrogen) atoms. The lowest BCUT2D eigenvalue weighted by molar-refractivity contribution is 0.0410. The van der Waals surface area contributed by atoms with E-state index in [0.717, 1.165) is 12.2 Å². The molecule has 0 N–H and O–H groups in total. The predicted molar refractivity (Wildman–Crippen MR) is 46.4 cm³/mol. The van der Waals surface area contributed by atoms with Crippen LogP contribution in [-0.4, -0.2) is 19.3 Å². The highest BCUT2D eigenvalue weighted by Gasteiger charge is 2.10. The third kappa shape index (κ3) is 4.04. The standard InChI is InChI=1S/C9H18O2/c1-6-9(10-5)8(4)11-7(2)3/h7,9H,4,6H2,1-3,5H3. The highest BCUT2D eigenvalue weighted by molar-refractivity contribution is 4.92. The van der Waals surface area contributed by atoms with Gasteiger partial charge in [-0.15, -0.1) is 0 Å². The zero-order valence-corrected chi connectivity index (χ0v) is 7.89. The monoisotopic (exact) mass is 158 g/mol. The lowest BCUT2D eigenvalue weighted by atomic mass is 10.2. The van der Waals surface area contributed by atoms with Crippen molar-refractivity contribution >= 4 is 0 Å². The van der Waals surface area contributed by atoms with Crippen molar-refractivity contribution in [3.05, 3.63) is 12.3 Å². The largest absolute Gasteiger partial charge is 0.493 e. The molecule has 2 heteroatoms. The summed E-state index contributed by atoms with van der Waals surface area (Å²) in [6.45, 7) is 9.79. The minimum absolute atomic E-state index is 0.0393. The van der Waals surface area contributed by atoms with Crippen LogP contribution in [0.3, 0.4) is 0 Å². The molecular weight excluding hydrogens is 140 g/mol. The maximum atomic E-state index is 5.37. The topological polar surface area (TPSA) is 18.5 Å². The lowest BCUT2D eigenvalue weighted by Gasteiger charge is -2.19. The highest BCUT2D eigenvalue weighted by atomic mass is 16.5. The Morgan fingerprint density at radius 3 is 2.27 bits per heavy atom. The summed E-state index contributed by atoms with van der Waals surface area (Å²) in [6.07, 6.45) is 1.13. The zero-order chi connectivity index (χ0) is 8.85. The normalized spacial score (nSPS) is 13.2. The number of methoxy groups -OCH3 is 1. The Morgan fingerprint density at radius 1 is 1.45 bits per heavy atom. The second-order valence-electron chi connectivity index (χ2n) is 2.77. The average Bonchev–Trinajstić information content (AvgIpc) is 1.88. The lowest BCUT2D eigenvalue weighted by Crippen LogP contribution is -2.16. The van der Waals surface area contributed by atoms with Crippen molar-refractivity contribution < 1.29 is 9.47 Å². The SMILES string of the molecule is C=C(OC(C)C)C(CC)OC. The van der Waals surface area contributed by atoms with Gasteiger partial charge in [-0.05, 0) is 20.3 Å². The minimum Gasteiger partial charge on any atom is -0.493 e. The van der Waals surface area contributed by atoms with Crippen LogP contribution in [0.1, 0.15) is 27.2 Å². The van der Waals surface area contributed by atoms with Crippen molar-refractivity contribution in [2.45, 2.75) is 39.4 Å². The van der Waals surface area contributed by atoms with Crippen molar-refractivity contribution in [2.75, 3.05) is 7.11 Å². The second kappa shape index (κ2) is 5.19. The van der Waals surface area contributed by atoms with Crippen LogP contribution in [0, 0.1) is 0 Å². The molecule has 0 aliphatic carbocycles. The Kier molecular flexibility index (Phi) is 4.95. The van der Waals surface area contributed by atoms with Gasteiger partial charge in [-0.3, -0.25) is 0 Å². The third-order valence-corrected chi connectivity index (χ3v) is 1.40. The predicted octanol–water partition coefficient (Wildman–Crippen LogP) is 2.35. The molecule has 0 heterocycles. The number of ether oxygens (including phenoxy) is 2. The Morgan fingerprint density at radius 2 is 2.00 bits per heavy atom. The summed E-state index contributed by atoms with van der Waals surface area (Å²) in [5.74, 6) is 0.727. The van der Waals surface area contributed by atoms with E-state index in [4.69, 9.17) is 9.47 Å². The van der Waals surface area contributed by atoms with Crippen molar-refractivity contribution in [3.63, 3.8) is 0 Å². The molecule has 0 fully saturated rings. The molecule has 0 saturated heterocycles. The summed E-state index contributed by atoms with van der Waals surface area (Å²) < 4.78 is 10.5. The van der Waals surface area contributed by atoms with Gasteiger partial charge in [0, 0.05) is 7.11 Å². The second-order valence-corrected chi connectivity index (χ2v) is 2.77. The van der Waals surface area contributed by atoms with E-state index >= 15 is 0 Å². The van der Waals surface area contributed by atoms with E-state index in [0.29, 0.717) is 0 Å². The van der Waals surface area contributed by atoms with E-state index in [1.165, 1.54) is 0 Å². The van der Waals surface area contributed by atoms with Gasteiger partial charge in [-0.1, -0.05) is 13.5 Å². The van der Waals surface area contributed by atoms with Gasteiger partial charge in [0.05, 0.1) is 6.10 Å². The summed E-state index contributed by atoms with van der Waals surface area (Å²) in [4.78, 5) is 0. The van der Waals surface area contributed by atoms with Crippen molar-refractivity contribution in [3.8, 4) is 0 Å². The molecule has 0 aromatic carbocycles. The van der Waals surface area contributed by atoms with Crippen LogP contribution in [0.5, 0.6) is 0 Å². The summed E-state index contributed by atoms with van der Waals surface area (Å²) >= 11 is 0. The van der Waals surface area contributed by atoms with Crippen LogP contribution in [0.15, 0.2) is 12.3 Å². The Bertz CT molecular complexity index is 115. The van der Waals surface area contributed by atoms with Gasteiger partial charge in [-0.2, -0.15) is 0 Å². The zero-order valence-electron chi connectivity index (χ0n) is 7.89. The fourth-order valence-corrected chi connectivity index (χ4v) is 0.904. The minimum atomic E-state index is 0.0393. The van der Waals surface area contributed by atoms with Crippen molar-refractivity contribution in [1.29, 1.82) is 0 Å². The van der Waals surface area contributed by atoms with Gasteiger partial charge in [0.15, 0.2) is 0 Å². The third-order valence-electron chi connectivity index (χ3n) is 1.40. The van der Waals surface area contributed by atoms with E-state index in [1.54, 1.807) is 7.11 Å². The molecule has 0 aromatic heterocycles. The number of hydrogen-bond acceptors (Lipinski definition) is 2. The first kappa shape index (κ1) is 10.5. The Balaban J connectivity index is 3.79. The van der Waals surface area contributed by atoms with Gasteiger partial charge in [0.1, 0.15) is 11.9 Å². The molecule has 0 rings (SSSR count). The fourth-order valence-electron chi connectivity index (χ4n) is 0.904. The van der Waals surface area contributed by atoms with Crippen molar-refractivity contribution in [1.82, 2.24) is 0 Å². The molecule has 0 saturated carbocycles.